The molecule has 3 aliphatic heterocycles. The first-order chi connectivity index (χ1) is 16.0. The van der Waals surface area contributed by atoms with Crippen LogP contribution in [-0.2, 0) is 35.5 Å². The summed E-state index contributed by atoms with van der Waals surface area (Å²) in [6.07, 6.45) is 2.62. The van der Waals surface area contributed by atoms with Gasteiger partial charge in [-0.25, -0.2) is 9.97 Å². The Morgan fingerprint density at radius 3 is 2.61 bits per heavy atom. The standard InChI is InChI=1S/C25H32N6O2/c1-17(32)30-11-8-20(14-30)24-27-22-9-12-31(15-21(22)25(26-2)28-24)23(33)16-29-10-7-18-5-3-4-6-19(18)13-29/h3-6,20H,7-16H2,1-2H3,(H,26,27,28)/t20-/m0/s1. The number of benzene rings is 1. The lowest BCUT2D eigenvalue weighted by Crippen LogP contribution is -2.44. The summed E-state index contributed by atoms with van der Waals surface area (Å²) in [6.45, 7) is 6.47. The Hall–Kier alpha value is -3.00. The van der Waals surface area contributed by atoms with Crippen LogP contribution in [0.25, 0.3) is 0 Å². The number of hydrogen-bond donors (Lipinski definition) is 1. The van der Waals surface area contributed by atoms with Crippen LogP contribution in [0.1, 0.15) is 47.5 Å². The van der Waals surface area contributed by atoms with Crippen LogP contribution < -0.4 is 5.32 Å². The molecule has 0 saturated carbocycles. The summed E-state index contributed by atoms with van der Waals surface area (Å²) in [5.41, 5.74) is 4.77. The zero-order chi connectivity index (χ0) is 22.9. The van der Waals surface area contributed by atoms with Gasteiger partial charge in [0, 0.05) is 64.6 Å². The Morgan fingerprint density at radius 2 is 1.85 bits per heavy atom. The van der Waals surface area contributed by atoms with Crippen molar-refractivity contribution in [2.24, 2.45) is 0 Å². The van der Waals surface area contributed by atoms with E-state index in [4.69, 9.17) is 9.97 Å². The molecular formula is C25H32N6O2. The Balaban J connectivity index is 1.27. The van der Waals surface area contributed by atoms with Crippen molar-refractivity contribution in [3.8, 4) is 0 Å². The predicted octanol–water partition coefficient (Wildman–Crippen LogP) is 1.80. The van der Waals surface area contributed by atoms with Crippen LogP contribution >= 0.6 is 0 Å². The highest BCUT2D eigenvalue weighted by atomic mass is 16.2. The van der Waals surface area contributed by atoms with Crippen LogP contribution in [0.15, 0.2) is 24.3 Å². The molecule has 0 spiro atoms. The number of fused-ring (bicyclic) bond motifs is 2. The van der Waals surface area contributed by atoms with Crippen LogP contribution in [0.4, 0.5) is 5.82 Å². The lowest BCUT2D eigenvalue weighted by molar-refractivity contribution is -0.133. The van der Waals surface area contributed by atoms with Crippen molar-refractivity contribution in [1.29, 1.82) is 0 Å². The number of likely N-dealkylation sites (tertiary alicyclic amines) is 1. The second-order valence-electron chi connectivity index (χ2n) is 9.35. The number of hydrogen-bond acceptors (Lipinski definition) is 6. The molecule has 1 atom stereocenters. The van der Waals surface area contributed by atoms with E-state index in [-0.39, 0.29) is 17.7 Å². The van der Waals surface area contributed by atoms with Gasteiger partial charge in [0.05, 0.1) is 18.8 Å². The Bertz CT molecular complexity index is 1050. The van der Waals surface area contributed by atoms with E-state index in [0.717, 1.165) is 61.8 Å². The molecule has 33 heavy (non-hydrogen) atoms. The minimum absolute atomic E-state index is 0.107. The topological polar surface area (TPSA) is 81.7 Å². The van der Waals surface area contributed by atoms with Gasteiger partial charge in [-0.3, -0.25) is 14.5 Å². The van der Waals surface area contributed by atoms with Crippen molar-refractivity contribution in [1.82, 2.24) is 24.7 Å². The Kier molecular flexibility index (Phi) is 6.01. The van der Waals surface area contributed by atoms with Crippen molar-refractivity contribution in [3.05, 3.63) is 52.5 Å². The fraction of sp³-hybridized carbons (Fsp3) is 0.520. The van der Waals surface area contributed by atoms with Gasteiger partial charge in [0.25, 0.3) is 0 Å². The largest absolute Gasteiger partial charge is 0.373 e. The molecule has 4 heterocycles. The number of carbonyl (C=O) groups excluding carboxylic acids is 2. The van der Waals surface area contributed by atoms with Gasteiger partial charge in [0.15, 0.2) is 0 Å². The number of nitrogens with zero attached hydrogens (tertiary/aromatic N) is 5. The van der Waals surface area contributed by atoms with Gasteiger partial charge in [0.2, 0.25) is 11.8 Å². The molecule has 1 saturated heterocycles. The fourth-order valence-corrected chi connectivity index (χ4v) is 5.27. The summed E-state index contributed by atoms with van der Waals surface area (Å²) in [4.78, 5) is 40.6. The molecule has 1 N–H and O–H groups in total. The van der Waals surface area contributed by atoms with Crippen LogP contribution in [0.5, 0.6) is 0 Å². The van der Waals surface area contributed by atoms with E-state index in [9.17, 15) is 9.59 Å². The van der Waals surface area contributed by atoms with Gasteiger partial charge in [0.1, 0.15) is 11.6 Å². The van der Waals surface area contributed by atoms with E-state index in [1.807, 2.05) is 16.8 Å². The zero-order valence-corrected chi connectivity index (χ0v) is 19.5. The van der Waals surface area contributed by atoms with Gasteiger partial charge in [-0.15, -0.1) is 0 Å². The third kappa shape index (κ3) is 4.44. The summed E-state index contributed by atoms with van der Waals surface area (Å²) in [7, 11) is 1.87. The first kappa shape index (κ1) is 21.8. The molecule has 8 heteroatoms. The van der Waals surface area contributed by atoms with Crippen LogP contribution in [0, 0.1) is 0 Å². The Labute approximate surface area is 195 Å². The summed E-state index contributed by atoms with van der Waals surface area (Å²) in [5.74, 6) is 2.07. The van der Waals surface area contributed by atoms with Gasteiger partial charge >= 0.3 is 0 Å². The Morgan fingerprint density at radius 1 is 1.03 bits per heavy atom. The highest BCUT2D eigenvalue weighted by Gasteiger charge is 2.31. The lowest BCUT2D eigenvalue weighted by atomic mass is 10.00. The molecule has 2 aromatic rings. The molecule has 0 aliphatic carbocycles. The van der Waals surface area contributed by atoms with E-state index in [0.29, 0.717) is 26.2 Å². The van der Waals surface area contributed by atoms with Gasteiger partial charge < -0.3 is 15.1 Å². The number of carbonyl (C=O) groups is 2. The fourth-order valence-electron chi connectivity index (χ4n) is 5.27. The monoisotopic (exact) mass is 448 g/mol. The number of anilines is 1. The average molecular weight is 449 g/mol. The molecule has 3 aliphatic rings. The highest BCUT2D eigenvalue weighted by Crippen LogP contribution is 2.30. The van der Waals surface area contributed by atoms with Crippen molar-refractivity contribution >= 4 is 17.6 Å². The SMILES string of the molecule is CNc1nc([C@H]2CCN(C(C)=O)C2)nc2c1CN(C(=O)CN1CCc3ccccc3C1)CC2. The number of nitrogens with one attached hydrogen (secondary N) is 1. The normalized spacial score (nSPS) is 20.4. The molecule has 174 valence electrons. The van der Waals surface area contributed by atoms with Gasteiger partial charge in [-0.05, 0) is 24.0 Å². The molecule has 1 fully saturated rings. The van der Waals surface area contributed by atoms with Gasteiger partial charge in [-0.1, -0.05) is 24.3 Å². The van der Waals surface area contributed by atoms with Crippen molar-refractivity contribution in [2.45, 2.75) is 45.2 Å². The second kappa shape index (κ2) is 9.09. The predicted molar refractivity (Wildman–Crippen MR) is 126 cm³/mol. The minimum atomic E-state index is 0.107. The van der Waals surface area contributed by atoms with Crippen molar-refractivity contribution in [2.75, 3.05) is 45.1 Å². The van der Waals surface area contributed by atoms with E-state index in [1.165, 1.54) is 11.1 Å². The van der Waals surface area contributed by atoms with Crippen LogP contribution in [0.2, 0.25) is 0 Å². The maximum Gasteiger partial charge on any atom is 0.237 e. The molecule has 1 aromatic heterocycles. The number of amides is 2. The molecule has 0 unspecified atom stereocenters. The van der Waals surface area contributed by atoms with E-state index in [1.54, 1.807) is 6.92 Å². The summed E-state index contributed by atoms with van der Waals surface area (Å²) in [5, 5.41) is 3.22. The molecule has 0 bridgehead atoms. The van der Waals surface area contributed by atoms with E-state index >= 15 is 0 Å². The number of aromatic nitrogens is 2. The first-order valence-corrected chi connectivity index (χ1v) is 11.9. The number of rotatable bonds is 4. The summed E-state index contributed by atoms with van der Waals surface area (Å²) in [6, 6.07) is 8.51. The van der Waals surface area contributed by atoms with E-state index < -0.39 is 0 Å². The maximum atomic E-state index is 13.1. The summed E-state index contributed by atoms with van der Waals surface area (Å²) >= 11 is 0. The van der Waals surface area contributed by atoms with Gasteiger partial charge in [-0.2, -0.15) is 0 Å². The third-order valence-corrected chi connectivity index (χ3v) is 7.23. The average Bonchev–Trinajstić information content (AvgIpc) is 3.34. The molecule has 8 nitrogen and oxygen atoms in total. The first-order valence-electron chi connectivity index (χ1n) is 11.9. The highest BCUT2D eigenvalue weighted by molar-refractivity contribution is 5.79. The van der Waals surface area contributed by atoms with Crippen LogP contribution in [-0.4, -0.2) is 76.3 Å². The van der Waals surface area contributed by atoms with Crippen LogP contribution in [0.3, 0.4) is 0 Å². The molecule has 2 amide bonds. The smallest absolute Gasteiger partial charge is 0.237 e. The maximum absolute atomic E-state index is 13.1. The minimum Gasteiger partial charge on any atom is -0.373 e. The lowest BCUT2D eigenvalue weighted by Gasteiger charge is -2.33. The molecular weight excluding hydrogens is 416 g/mol. The summed E-state index contributed by atoms with van der Waals surface area (Å²) < 4.78 is 0. The zero-order valence-electron chi connectivity index (χ0n) is 19.5. The quantitative estimate of drug-likeness (QED) is 0.768. The van der Waals surface area contributed by atoms with E-state index in [2.05, 4.69) is 34.5 Å². The van der Waals surface area contributed by atoms with Crippen molar-refractivity contribution in [3.63, 3.8) is 0 Å². The van der Waals surface area contributed by atoms with Crippen molar-refractivity contribution < 1.29 is 9.59 Å². The third-order valence-electron chi connectivity index (χ3n) is 7.23. The molecule has 1 aromatic carbocycles. The molecule has 5 rings (SSSR count). The molecule has 0 radical (unpaired) electrons. The second-order valence-corrected chi connectivity index (χ2v) is 9.35.